The zero-order chi connectivity index (χ0) is 13.0. The Bertz CT molecular complexity index is 539. The average Bonchev–Trinajstić information content (AvgIpc) is 2.39. The number of hydrazine groups is 1. The lowest BCUT2D eigenvalue weighted by Crippen LogP contribution is -2.12. The minimum Gasteiger partial charge on any atom is -0.366 e. The predicted octanol–water partition coefficient (Wildman–Crippen LogP) is 1.99. The molecule has 0 aliphatic rings. The molecule has 4 N–H and O–H groups in total. The van der Waals surface area contributed by atoms with Gasteiger partial charge in [0.15, 0.2) is 0 Å². The minimum atomic E-state index is 0.636. The van der Waals surface area contributed by atoms with Crippen molar-refractivity contribution in [2.75, 3.05) is 10.7 Å². The van der Waals surface area contributed by atoms with E-state index in [4.69, 9.17) is 5.84 Å². The summed E-state index contributed by atoms with van der Waals surface area (Å²) < 4.78 is 0. The van der Waals surface area contributed by atoms with E-state index < -0.39 is 0 Å². The van der Waals surface area contributed by atoms with Crippen molar-refractivity contribution >= 4 is 11.6 Å². The van der Waals surface area contributed by atoms with Gasteiger partial charge in [-0.2, -0.15) is 0 Å². The number of nitrogens with one attached hydrogen (secondary N) is 2. The topological polar surface area (TPSA) is 75.9 Å². The summed E-state index contributed by atoms with van der Waals surface area (Å²) >= 11 is 0. The van der Waals surface area contributed by atoms with Gasteiger partial charge in [-0.1, -0.05) is 24.3 Å². The Morgan fingerprint density at radius 1 is 1.11 bits per heavy atom. The number of rotatable bonds is 4. The van der Waals surface area contributed by atoms with Crippen LogP contribution in [0.5, 0.6) is 0 Å². The van der Waals surface area contributed by atoms with E-state index in [1.807, 2.05) is 19.1 Å². The summed E-state index contributed by atoms with van der Waals surface area (Å²) in [6.45, 7) is 4.75. The van der Waals surface area contributed by atoms with Gasteiger partial charge in [0.05, 0.1) is 0 Å². The van der Waals surface area contributed by atoms with Crippen molar-refractivity contribution in [3.8, 4) is 0 Å². The molecule has 0 radical (unpaired) electrons. The molecular weight excluding hydrogens is 226 g/mol. The van der Waals surface area contributed by atoms with Gasteiger partial charge in [0, 0.05) is 12.1 Å². The van der Waals surface area contributed by atoms with Crippen LogP contribution in [0.2, 0.25) is 0 Å². The number of hydrogen-bond acceptors (Lipinski definition) is 5. The molecule has 5 nitrogen and oxygen atoms in total. The first kappa shape index (κ1) is 12.3. The molecule has 0 bridgehead atoms. The fourth-order valence-electron chi connectivity index (χ4n) is 1.76. The van der Waals surface area contributed by atoms with Crippen molar-refractivity contribution in [3.05, 3.63) is 47.3 Å². The third-order valence-corrected chi connectivity index (χ3v) is 2.93. The fourth-order valence-corrected chi connectivity index (χ4v) is 1.76. The average molecular weight is 243 g/mol. The Morgan fingerprint density at radius 3 is 2.56 bits per heavy atom. The number of aromatic nitrogens is 2. The SMILES string of the molecule is Cc1ccccc1CNc1ncnc(NN)c1C. The van der Waals surface area contributed by atoms with Crippen molar-refractivity contribution in [3.63, 3.8) is 0 Å². The van der Waals surface area contributed by atoms with Crippen LogP contribution < -0.4 is 16.6 Å². The second-order valence-electron chi connectivity index (χ2n) is 4.12. The standard InChI is InChI=1S/C13H17N5/c1-9-5-3-4-6-11(9)7-15-12-10(2)13(18-14)17-8-16-12/h3-6,8H,7,14H2,1-2H3,(H2,15,16,17,18). The molecule has 5 heteroatoms. The Balaban J connectivity index is 2.14. The molecule has 0 unspecified atom stereocenters. The van der Waals surface area contributed by atoms with Gasteiger partial charge in [-0.15, -0.1) is 0 Å². The molecule has 0 amide bonds. The molecule has 0 atom stereocenters. The molecule has 0 saturated carbocycles. The first-order valence-corrected chi connectivity index (χ1v) is 5.79. The molecule has 1 aromatic carbocycles. The predicted molar refractivity (Wildman–Crippen MR) is 73.1 cm³/mol. The molecule has 0 aliphatic heterocycles. The van der Waals surface area contributed by atoms with Crippen LogP contribution in [0.15, 0.2) is 30.6 Å². The summed E-state index contributed by atoms with van der Waals surface area (Å²) in [6, 6.07) is 8.26. The van der Waals surface area contributed by atoms with Gasteiger partial charge in [0.2, 0.25) is 0 Å². The maximum absolute atomic E-state index is 5.38. The number of benzene rings is 1. The highest BCUT2D eigenvalue weighted by atomic mass is 15.3. The number of anilines is 2. The number of nitrogens with zero attached hydrogens (tertiary/aromatic N) is 2. The summed E-state index contributed by atoms with van der Waals surface area (Å²) in [4.78, 5) is 8.26. The zero-order valence-electron chi connectivity index (χ0n) is 10.6. The summed E-state index contributed by atoms with van der Waals surface area (Å²) in [5.74, 6) is 6.81. The number of aryl methyl sites for hydroxylation is 1. The van der Waals surface area contributed by atoms with Crippen molar-refractivity contribution < 1.29 is 0 Å². The second kappa shape index (κ2) is 5.46. The number of hydrogen-bond donors (Lipinski definition) is 3. The Hall–Kier alpha value is -2.14. The molecule has 0 aliphatic carbocycles. The van der Waals surface area contributed by atoms with Crippen LogP contribution in [-0.4, -0.2) is 9.97 Å². The molecule has 0 saturated heterocycles. The van der Waals surface area contributed by atoms with Crippen LogP contribution in [0.3, 0.4) is 0 Å². The quantitative estimate of drug-likeness (QED) is 0.565. The summed E-state index contributed by atoms with van der Waals surface area (Å²) in [5, 5.41) is 3.30. The molecule has 1 aromatic heterocycles. The van der Waals surface area contributed by atoms with Gasteiger partial charge >= 0.3 is 0 Å². The highest BCUT2D eigenvalue weighted by molar-refractivity contribution is 5.56. The van der Waals surface area contributed by atoms with Gasteiger partial charge < -0.3 is 10.7 Å². The fraction of sp³-hybridized carbons (Fsp3) is 0.231. The molecular formula is C13H17N5. The Kier molecular flexibility index (Phi) is 3.74. The van der Waals surface area contributed by atoms with Gasteiger partial charge in [-0.05, 0) is 25.0 Å². The van der Waals surface area contributed by atoms with Crippen molar-refractivity contribution in [1.82, 2.24) is 9.97 Å². The van der Waals surface area contributed by atoms with Gasteiger partial charge in [0.25, 0.3) is 0 Å². The van der Waals surface area contributed by atoms with E-state index in [0.29, 0.717) is 5.82 Å². The maximum Gasteiger partial charge on any atom is 0.148 e. The first-order chi connectivity index (χ1) is 8.72. The van der Waals surface area contributed by atoms with E-state index in [2.05, 4.69) is 39.8 Å². The van der Waals surface area contributed by atoms with Crippen LogP contribution in [0.4, 0.5) is 11.6 Å². The van der Waals surface area contributed by atoms with Gasteiger partial charge in [-0.3, -0.25) is 0 Å². The molecule has 1 heterocycles. The first-order valence-electron chi connectivity index (χ1n) is 5.79. The van der Waals surface area contributed by atoms with E-state index in [1.54, 1.807) is 0 Å². The monoisotopic (exact) mass is 243 g/mol. The van der Waals surface area contributed by atoms with Crippen LogP contribution >= 0.6 is 0 Å². The maximum atomic E-state index is 5.38. The molecule has 94 valence electrons. The molecule has 0 spiro atoms. The second-order valence-corrected chi connectivity index (χ2v) is 4.12. The minimum absolute atomic E-state index is 0.636. The number of nitrogens with two attached hydrogens (primary N) is 1. The number of nitrogen functional groups attached to an aromatic ring is 1. The Labute approximate surface area is 106 Å². The smallest absolute Gasteiger partial charge is 0.148 e. The Morgan fingerprint density at radius 2 is 1.83 bits per heavy atom. The highest BCUT2D eigenvalue weighted by Crippen LogP contribution is 2.18. The van der Waals surface area contributed by atoms with E-state index in [1.165, 1.54) is 17.5 Å². The van der Waals surface area contributed by atoms with E-state index >= 15 is 0 Å². The molecule has 0 fully saturated rings. The normalized spacial score (nSPS) is 10.2. The summed E-state index contributed by atoms with van der Waals surface area (Å²) in [6.07, 6.45) is 1.49. The molecule has 2 rings (SSSR count). The zero-order valence-corrected chi connectivity index (χ0v) is 10.6. The molecule has 18 heavy (non-hydrogen) atoms. The third kappa shape index (κ3) is 2.57. The van der Waals surface area contributed by atoms with Crippen LogP contribution in [0, 0.1) is 13.8 Å². The lowest BCUT2D eigenvalue weighted by atomic mass is 10.1. The van der Waals surface area contributed by atoms with E-state index in [0.717, 1.165) is 17.9 Å². The lowest BCUT2D eigenvalue weighted by Gasteiger charge is -2.12. The van der Waals surface area contributed by atoms with Crippen LogP contribution in [0.25, 0.3) is 0 Å². The molecule has 2 aromatic rings. The largest absolute Gasteiger partial charge is 0.366 e. The lowest BCUT2D eigenvalue weighted by molar-refractivity contribution is 1.04. The van der Waals surface area contributed by atoms with Crippen LogP contribution in [-0.2, 0) is 6.54 Å². The van der Waals surface area contributed by atoms with Gasteiger partial charge in [0.1, 0.15) is 18.0 Å². The van der Waals surface area contributed by atoms with E-state index in [9.17, 15) is 0 Å². The highest BCUT2D eigenvalue weighted by Gasteiger charge is 2.05. The van der Waals surface area contributed by atoms with E-state index in [-0.39, 0.29) is 0 Å². The summed E-state index contributed by atoms with van der Waals surface area (Å²) in [7, 11) is 0. The third-order valence-electron chi connectivity index (χ3n) is 2.93. The van der Waals surface area contributed by atoms with Crippen molar-refractivity contribution in [2.24, 2.45) is 5.84 Å². The van der Waals surface area contributed by atoms with Crippen LogP contribution in [0.1, 0.15) is 16.7 Å². The van der Waals surface area contributed by atoms with Gasteiger partial charge in [-0.25, -0.2) is 15.8 Å². The van der Waals surface area contributed by atoms with Crippen molar-refractivity contribution in [2.45, 2.75) is 20.4 Å². The van der Waals surface area contributed by atoms with Crippen molar-refractivity contribution in [1.29, 1.82) is 0 Å². The summed E-state index contributed by atoms with van der Waals surface area (Å²) in [5.41, 5.74) is 5.97.